The van der Waals surface area contributed by atoms with Crippen LogP contribution in [0.5, 0.6) is 11.5 Å². The molecule has 0 radical (unpaired) electrons. The molecule has 150 valence electrons. The Hall–Kier alpha value is -3.19. The molecule has 1 aliphatic rings. The van der Waals surface area contributed by atoms with Crippen molar-refractivity contribution in [2.75, 3.05) is 13.7 Å². The Morgan fingerprint density at radius 3 is 2.55 bits per heavy atom. The minimum absolute atomic E-state index is 0.0160. The van der Waals surface area contributed by atoms with Crippen molar-refractivity contribution in [3.63, 3.8) is 0 Å². The fourth-order valence-electron chi connectivity index (χ4n) is 2.66. The van der Waals surface area contributed by atoms with Crippen LogP contribution in [0.25, 0.3) is 6.08 Å². The summed E-state index contributed by atoms with van der Waals surface area (Å²) in [4.78, 5) is 17.4. The molecular weight excluding hydrogens is 390 g/mol. The van der Waals surface area contributed by atoms with E-state index >= 15 is 0 Å². The maximum absolute atomic E-state index is 12.4. The van der Waals surface area contributed by atoms with E-state index in [1.54, 1.807) is 25.1 Å². The maximum atomic E-state index is 12.4. The van der Waals surface area contributed by atoms with Crippen LogP contribution in [-0.2, 0) is 9.53 Å². The van der Waals surface area contributed by atoms with Crippen LogP contribution in [0.3, 0.4) is 0 Å². The average molecular weight is 411 g/mol. The van der Waals surface area contributed by atoms with Crippen molar-refractivity contribution < 1.29 is 24.5 Å². The quantitative estimate of drug-likeness (QED) is 0.680. The van der Waals surface area contributed by atoms with Crippen molar-refractivity contribution in [3.05, 3.63) is 69.8 Å². The van der Waals surface area contributed by atoms with E-state index in [2.05, 4.69) is 4.99 Å². The number of aromatic hydroxyl groups is 1. The second kappa shape index (κ2) is 8.87. The Kier molecular flexibility index (Phi) is 6.29. The molecule has 0 aromatic heterocycles. The van der Waals surface area contributed by atoms with Gasteiger partial charge in [0.15, 0.2) is 11.5 Å². The molecule has 0 atom stereocenters. The lowest BCUT2D eigenvalue weighted by molar-refractivity contribution is -0.138. The summed E-state index contributed by atoms with van der Waals surface area (Å²) >= 11 is 1.18. The number of methoxy groups -OCH3 is 1. The highest BCUT2D eigenvalue weighted by atomic mass is 32.2. The number of nitrogens with zero attached hydrogens (tertiary/aromatic N) is 1. The van der Waals surface area contributed by atoms with Gasteiger partial charge in [0.25, 0.3) is 0 Å². The Morgan fingerprint density at radius 1 is 1.17 bits per heavy atom. The zero-order chi connectivity index (χ0) is 21.0. The second-order valence-electron chi connectivity index (χ2n) is 6.24. The number of aliphatic hydroxyl groups excluding tert-OH is 1. The zero-order valence-corrected chi connectivity index (χ0v) is 17.1. The van der Waals surface area contributed by atoms with Crippen molar-refractivity contribution in [2.24, 2.45) is 4.99 Å². The van der Waals surface area contributed by atoms with Crippen molar-refractivity contribution >= 4 is 34.5 Å². The Morgan fingerprint density at radius 2 is 1.90 bits per heavy atom. The number of benzene rings is 2. The van der Waals surface area contributed by atoms with Crippen LogP contribution in [0, 0.1) is 6.92 Å². The standard InChI is InChI=1S/C22H21NO5S/c1-4-28-22(26)19-20(25)18(12-14-7-10-16(24)17(11-14)27-3)29-21(19)23-15-8-5-13(2)6-9-15/h5-12,24-25H,4H2,1-3H3. The number of ether oxygens (including phenoxy) is 2. The molecule has 0 amide bonds. The van der Waals surface area contributed by atoms with Crippen LogP contribution in [-0.4, -0.2) is 34.9 Å². The molecule has 0 saturated carbocycles. The van der Waals surface area contributed by atoms with Gasteiger partial charge in [-0.3, -0.25) is 0 Å². The molecule has 2 N–H and O–H groups in total. The van der Waals surface area contributed by atoms with Crippen molar-refractivity contribution in [1.82, 2.24) is 0 Å². The third-order valence-electron chi connectivity index (χ3n) is 4.14. The van der Waals surface area contributed by atoms with E-state index in [9.17, 15) is 15.0 Å². The summed E-state index contributed by atoms with van der Waals surface area (Å²) in [6.45, 7) is 3.87. The molecule has 0 bridgehead atoms. The number of carbonyl (C=O) groups excluding carboxylic acids is 1. The number of hydrogen-bond donors (Lipinski definition) is 2. The monoisotopic (exact) mass is 411 g/mol. The van der Waals surface area contributed by atoms with Gasteiger partial charge in [-0.25, -0.2) is 9.79 Å². The summed E-state index contributed by atoms with van der Waals surface area (Å²) in [5.74, 6) is -0.492. The Balaban J connectivity index is 2.03. The summed E-state index contributed by atoms with van der Waals surface area (Å²) in [7, 11) is 1.46. The number of hydrogen-bond acceptors (Lipinski definition) is 7. The van der Waals surface area contributed by atoms with Gasteiger partial charge in [-0.15, -0.1) is 0 Å². The predicted octanol–water partition coefficient (Wildman–Crippen LogP) is 4.90. The summed E-state index contributed by atoms with van der Waals surface area (Å²) in [5.41, 5.74) is 2.49. The molecule has 0 fully saturated rings. The molecule has 29 heavy (non-hydrogen) atoms. The summed E-state index contributed by atoms with van der Waals surface area (Å²) < 4.78 is 10.2. The third kappa shape index (κ3) is 4.63. The van der Waals surface area contributed by atoms with Gasteiger partial charge in [0, 0.05) is 0 Å². The van der Waals surface area contributed by atoms with E-state index in [4.69, 9.17) is 9.47 Å². The fraction of sp³-hybridized carbons (Fsp3) is 0.182. The summed E-state index contributed by atoms with van der Waals surface area (Å²) in [6, 6.07) is 12.3. The molecule has 7 heteroatoms. The number of thioether (sulfide) groups is 1. The molecule has 2 aromatic carbocycles. The average Bonchev–Trinajstić information content (AvgIpc) is 3.00. The summed E-state index contributed by atoms with van der Waals surface area (Å²) in [5, 5.41) is 20.8. The van der Waals surface area contributed by atoms with Gasteiger partial charge >= 0.3 is 5.97 Å². The Labute approximate surface area is 173 Å². The largest absolute Gasteiger partial charge is 0.506 e. The Bertz CT molecular complexity index is 1020. The number of phenols is 1. The fourth-order valence-corrected chi connectivity index (χ4v) is 3.70. The number of aliphatic hydroxyl groups is 1. The first-order valence-corrected chi connectivity index (χ1v) is 9.77. The second-order valence-corrected chi connectivity index (χ2v) is 7.27. The molecule has 2 aromatic rings. The van der Waals surface area contributed by atoms with E-state index in [1.165, 1.54) is 24.9 Å². The van der Waals surface area contributed by atoms with Crippen LogP contribution in [0.15, 0.2) is 63.7 Å². The smallest absolute Gasteiger partial charge is 0.344 e. The number of aryl methyl sites for hydroxylation is 1. The number of esters is 1. The van der Waals surface area contributed by atoms with E-state index in [-0.39, 0.29) is 23.7 Å². The molecule has 0 saturated heterocycles. The van der Waals surface area contributed by atoms with Crippen molar-refractivity contribution in [1.29, 1.82) is 0 Å². The topological polar surface area (TPSA) is 88.4 Å². The van der Waals surface area contributed by atoms with Crippen LogP contribution in [0.2, 0.25) is 0 Å². The highest BCUT2D eigenvalue weighted by Crippen LogP contribution is 2.40. The molecule has 0 unspecified atom stereocenters. The minimum atomic E-state index is -0.630. The zero-order valence-electron chi connectivity index (χ0n) is 16.3. The first kappa shape index (κ1) is 20.5. The SMILES string of the molecule is CCOC(=O)C1=C(O)C(=Cc2ccc(O)c(OC)c2)SC1=Nc1ccc(C)cc1. The molecule has 6 nitrogen and oxygen atoms in total. The lowest BCUT2D eigenvalue weighted by Gasteiger charge is -2.04. The van der Waals surface area contributed by atoms with Crippen molar-refractivity contribution in [2.45, 2.75) is 13.8 Å². The van der Waals surface area contributed by atoms with Crippen LogP contribution in [0.4, 0.5) is 5.69 Å². The van der Waals surface area contributed by atoms with E-state index in [0.29, 0.717) is 26.9 Å². The molecular formula is C22H21NO5S. The van der Waals surface area contributed by atoms with E-state index in [0.717, 1.165) is 5.56 Å². The number of aliphatic imine (C=N–C) groups is 1. The third-order valence-corrected chi connectivity index (χ3v) is 5.16. The first-order valence-electron chi connectivity index (χ1n) is 8.96. The van der Waals surface area contributed by atoms with Crippen molar-refractivity contribution in [3.8, 4) is 11.5 Å². The van der Waals surface area contributed by atoms with Gasteiger partial charge in [0.05, 0.1) is 24.3 Å². The van der Waals surface area contributed by atoms with Gasteiger partial charge in [-0.05, 0) is 49.8 Å². The van der Waals surface area contributed by atoms with Gasteiger partial charge in [-0.1, -0.05) is 35.5 Å². The maximum Gasteiger partial charge on any atom is 0.344 e. The highest BCUT2D eigenvalue weighted by Gasteiger charge is 2.33. The first-order chi connectivity index (χ1) is 13.9. The van der Waals surface area contributed by atoms with Crippen LogP contribution < -0.4 is 4.74 Å². The minimum Gasteiger partial charge on any atom is -0.506 e. The van der Waals surface area contributed by atoms with Crippen LogP contribution in [0.1, 0.15) is 18.1 Å². The number of phenolic OH excluding ortho intramolecular Hbond substituents is 1. The molecule has 1 aliphatic heterocycles. The van der Waals surface area contributed by atoms with Gasteiger partial charge in [-0.2, -0.15) is 0 Å². The normalized spacial score (nSPS) is 16.5. The van der Waals surface area contributed by atoms with Gasteiger partial charge < -0.3 is 19.7 Å². The molecule has 3 rings (SSSR count). The lowest BCUT2D eigenvalue weighted by Crippen LogP contribution is -2.12. The van der Waals surface area contributed by atoms with E-state index in [1.807, 2.05) is 31.2 Å². The van der Waals surface area contributed by atoms with E-state index < -0.39 is 5.97 Å². The molecule has 1 heterocycles. The number of rotatable bonds is 5. The lowest BCUT2D eigenvalue weighted by atomic mass is 10.1. The van der Waals surface area contributed by atoms with Gasteiger partial charge in [0.1, 0.15) is 16.4 Å². The van der Waals surface area contributed by atoms with Gasteiger partial charge in [0.2, 0.25) is 0 Å². The number of carbonyl (C=O) groups is 1. The molecule has 0 aliphatic carbocycles. The molecule has 0 spiro atoms. The summed E-state index contributed by atoms with van der Waals surface area (Å²) in [6.07, 6.45) is 1.69. The van der Waals surface area contributed by atoms with Crippen LogP contribution >= 0.6 is 11.8 Å². The predicted molar refractivity (Wildman–Crippen MR) is 115 cm³/mol. The highest BCUT2D eigenvalue weighted by molar-refractivity contribution is 8.18.